The van der Waals surface area contributed by atoms with Crippen molar-refractivity contribution in [2.75, 3.05) is 14.1 Å². The first-order chi connectivity index (χ1) is 10.1. The highest BCUT2D eigenvalue weighted by Gasteiger charge is 2.28. The number of hydrogen-bond donors (Lipinski definition) is 0. The predicted octanol–water partition coefficient (Wildman–Crippen LogP) is 2.75. The number of hydrogen-bond acceptors (Lipinski definition) is 4. The molecule has 0 fully saturated rings. The van der Waals surface area contributed by atoms with Gasteiger partial charge in [-0.3, -0.25) is 0 Å². The Morgan fingerprint density at radius 3 is 1.76 bits per heavy atom. The van der Waals surface area contributed by atoms with E-state index in [2.05, 4.69) is 48.0 Å². The molecule has 1 aliphatic rings. The van der Waals surface area contributed by atoms with Gasteiger partial charge in [-0.2, -0.15) is 0 Å². The van der Waals surface area contributed by atoms with Gasteiger partial charge >= 0.3 is 11.9 Å². The Hall–Kier alpha value is -2.46. The molecule has 0 unspecified atom stereocenters. The Labute approximate surface area is 124 Å². The van der Waals surface area contributed by atoms with Crippen molar-refractivity contribution >= 4 is 11.9 Å². The van der Waals surface area contributed by atoms with Gasteiger partial charge in [-0.1, -0.05) is 42.5 Å². The number of rotatable bonds is 2. The van der Waals surface area contributed by atoms with Crippen LogP contribution in [0.2, 0.25) is 0 Å². The van der Waals surface area contributed by atoms with E-state index in [0.29, 0.717) is 11.1 Å². The molecule has 0 aromatic heterocycles. The van der Waals surface area contributed by atoms with Crippen molar-refractivity contribution in [3.63, 3.8) is 0 Å². The molecule has 0 amide bonds. The molecule has 0 atom stereocenters. The fourth-order valence-electron chi connectivity index (χ4n) is 1.98. The second-order valence-electron chi connectivity index (χ2n) is 4.95. The Kier molecular flexibility index (Phi) is 4.85. The van der Waals surface area contributed by atoms with Crippen LogP contribution in [0.4, 0.5) is 0 Å². The summed E-state index contributed by atoms with van der Waals surface area (Å²) in [7, 11) is 4.15. The van der Waals surface area contributed by atoms with Gasteiger partial charge in [0, 0.05) is 6.54 Å². The number of benzene rings is 2. The standard InChI is InChI=1S/C9H13N.C8H4O3/c1-10(2)8-9-6-4-3-5-7-9;9-7-5-3-1-2-4-6(5)8(10)11-7/h3-7H,8H2,1-2H3;1-4H. The van der Waals surface area contributed by atoms with Crippen LogP contribution in [0.5, 0.6) is 0 Å². The van der Waals surface area contributed by atoms with E-state index in [4.69, 9.17) is 0 Å². The van der Waals surface area contributed by atoms with Crippen molar-refractivity contribution in [3.05, 3.63) is 71.3 Å². The van der Waals surface area contributed by atoms with Gasteiger partial charge in [0.2, 0.25) is 0 Å². The number of esters is 2. The summed E-state index contributed by atoms with van der Waals surface area (Å²) in [5, 5.41) is 0. The molecule has 0 spiro atoms. The van der Waals surface area contributed by atoms with Crippen molar-refractivity contribution in [3.8, 4) is 0 Å². The smallest absolute Gasteiger partial charge is 0.346 e. The Morgan fingerprint density at radius 1 is 0.810 bits per heavy atom. The summed E-state index contributed by atoms with van der Waals surface area (Å²) in [6, 6.07) is 17.0. The van der Waals surface area contributed by atoms with Crippen LogP contribution >= 0.6 is 0 Å². The van der Waals surface area contributed by atoms with Gasteiger partial charge in [0.15, 0.2) is 0 Å². The third kappa shape index (κ3) is 4.00. The van der Waals surface area contributed by atoms with E-state index in [1.807, 2.05) is 6.07 Å². The molecular formula is C17H17NO3. The van der Waals surface area contributed by atoms with Gasteiger partial charge in [0.05, 0.1) is 11.1 Å². The monoisotopic (exact) mass is 283 g/mol. The molecule has 108 valence electrons. The summed E-state index contributed by atoms with van der Waals surface area (Å²) in [4.78, 5) is 23.8. The molecule has 2 aromatic carbocycles. The quantitative estimate of drug-likeness (QED) is 0.628. The maximum atomic E-state index is 10.8. The molecule has 0 radical (unpaired) electrons. The summed E-state index contributed by atoms with van der Waals surface area (Å²) in [5.41, 5.74) is 2.09. The minimum absolute atomic E-state index is 0.359. The zero-order valence-corrected chi connectivity index (χ0v) is 12.1. The van der Waals surface area contributed by atoms with E-state index in [0.717, 1.165) is 6.54 Å². The maximum Gasteiger partial charge on any atom is 0.346 e. The Balaban J connectivity index is 0.000000155. The zero-order valence-electron chi connectivity index (χ0n) is 12.1. The Bertz CT molecular complexity index is 602. The molecule has 1 aliphatic heterocycles. The summed E-state index contributed by atoms with van der Waals surface area (Å²) in [6.07, 6.45) is 0. The molecule has 21 heavy (non-hydrogen) atoms. The van der Waals surface area contributed by atoms with Gasteiger partial charge in [-0.05, 0) is 31.8 Å². The summed E-state index contributed by atoms with van der Waals surface area (Å²) in [6.45, 7) is 1.03. The lowest BCUT2D eigenvalue weighted by molar-refractivity contribution is 0.0444. The topological polar surface area (TPSA) is 46.6 Å². The minimum Gasteiger partial charge on any atom is -0.386 e. The molecule has 4 heteroatoms. The van der Waals surface area contributed by atoms with Crippen LogP contribution in [0.3, 0.4) is 0 Å². The van der Waals surface area contributed by atoms with Crippen LogP contribution in [0.1, 0.15) is 26.3 Å². The lowest BCUT2D eigenvalue weighted by Gasteiger charge is -2.08. The molecule has 0 bridgehead atoms. The maximum absolute atomic E-state index is 10.8. The van der Waals surface area contributed by atoms with E-state index >= 15 is 0 Å². The predicted molar refractivity (Wildman–Crippen MR) is 80.0 cm³/mol. The second-order valence-corrected chi connectivity index (χ2v) is 4.95. The summed E-state index contributed by atoms with van der Waals surface area (Å²) in [5.74, 6) is -1.10. The molecule has 0 N–H and O–H groups in total. The number of ether oxygens (including phenoxy) is 1. The van der Waals surface area contributed by atoms with E-state index in [1.165, 1.54) is 5.56 Å². The van der Waals surface area contributed by atoms with Crippen LogP contribution in [-0.4, -0.2) is 30.9 Å². The first-order valence-corrected chi connectivity index (χ1v) is 6.62. The largest absolute Gasteiger partial charge is 0.386 e. The number of carbonyl (C=O) groups excluding carboxylic acids is 2. The first kappa shape index (κ1) is 14.9. The van der Waals surface area contributed by atoms with Crippen LogP contribution in [0.15, 0.2) is 54.6 Å². The number of nitrogens with zero attached hydrogens (tertiary/aromatic N) is 1. The zero-order chi connectivity index (χ0) is 15.2. The summed E-state index contributed by atoms with van der Waals surface area (Å²) >= 11 is 0. The van der Waals surface area contributed by atoms with E-state index < -0.39 is 11.9 Å². The van der Waals surface area contributed by atoms with Crippen LogP contribution in [-0.2, 0) is 11.3 Å². The van der Waals surface area contributed by atoms with Crippen LogP contribution in [0.25, 0.3) is 0 Å². The van der Waals surface area contributed by atoms with Gasteiger partial charge < -0.3 is 9.64 Å². The highest BCUT2D eigenvalue weighted by atomic mass is 16.6. The number of cyclic esters (lactones) is 2. The molecule has 3 rings (SSSR count). The SMILES string of the molecule is CN(C)Cc1ccccc1.O=C1OC(=O)c2ccccc21. The Morgan fingerprint density at radius 2 is 1.29 bits per heavy atom. The average Bonchev–Trinajstić information content (AvgIpc) is 2.76. The van der Waals surface area contributed by atoms with E-state index in [-0.39, 0.29) is 0 Å². The van der Waals surface area contributed by atoms with Gasteiger partial charge in [-0.25, -0.2) is 9.59 Å². The fraction of sp³-hybridized carbons (Fsp3) is 0.176. The summed E-state index contributed by atoms with van der Waals surface area (Å²) < 4.78 is 4.35. The lowest BCUT2D eigenvalue weighted by atomic mass is 10.1. The number of fused-ring (bicyclic) bond motifs is 1. The molecule has 4 nitrogen and oxygen atoms in total. The fourth-order valence-corrected chi connectivity index (χ4v) is 1.98. The molecule has 0 saturated heterocycles. The molecule has 1 heterocycles. The molecule has 0 saturated carbocycles. The highest BCUT2D eigenvalue weighted by molar-refractivity contribution is 6.14. The van der Waals surface area contributed by atoms with E-state index in [1.54, 1.807) is 24.3 Å². The number of carbonyl (C=O) groups is 2. The molecular weight excluding hydrogens is 266 g/mol. The highest BCUT2D eigenvalue weighted by Crippen LogP contribution is 2.18. The average molecular weight is 283 g/mol. The normalized spacial score (nSPS) is 12.5. The first-order valence-electron chi connectivity index (χ1n) is 6.62. The van der Waals surface area contributed by atoms with Crippen molar-refractivity contribution in [1.82, 2.24) is 4.90 Å². The van der Waals surface area contributed by atoms with Gasteiger partial charge in [0.25, 0.3) is 0 Å². The third-order valence-corrected chi connectivity index (χ3v) is 2.89. The molecule has 2 aromatic rings. The van der Waals surface area contributed by atoms with E-state index in [9.17, 15) is 9.59 Å². The van der Waals surface area contributed by atoms with Crippen molar-refractivity contribution in [2.45, 2.75) is 6.54 Å². The van der Waals surface area contributed by atoms with Crippen molar-refractivity contribution in [1.29, 1.82) is 0 Å². The molecule has 0 aliphatic carbocycles. The van der Waals surface area contributed by atoms with Crippen LogP contribution < -0.4 is 0 Å². The van der Waals surface area contributed by atoms with Crippen molar-refractivity contribution < 1.29 is 14.3 Å². The van der Waals surface area contributed by atoms with Crippen LogP contribution in [0, 0.1) is 0 Å². The minimum atomic E-state index is -0.550. The lowest BCUT2D eigenvalue weighted by Crippen LogP contribution is -2.10. The van der Waals surface area contributed by atoms with Crippen molar-refractivity contribution in [2.24, 2.45) is 0 Å². The second kappa shape index (κ2) is 6.81. The third-order valence-electron chi connectivity index (χ3n) is 2.89. The van der Waals surface area contributed by atoms with Gasteiger partial charge in [-0.15, -0.1) is 0 Å². The van der Waals surface area contributed by atoms with Gasteiger partial charge in [0.1, 0.15) is 0 Å².